The van der Waals surface area contributed by atoms with Crippen molar-refractivity contribution in [2.24, 2.45) is 0 Å². The molecule has 17 heavy (non-hydrogen) atoms. The van der Waals surface area contributed by atoms with Gasteiger partial charge in [0.25, 0.3) is 9.05 Å². The van der Waals surface area contributed by atoms with Crippen molar-refractivity contribution in [1.82, 2.24) is 0 Å². The molecule has 1 aromatic rings. The van der Waals surface area contributed by atoms with Crippen LogP contribution < -0.4 is 4.74 Å². The molecule has 0 saturated carbocycles. The maximum atomic E-state index is 13.4. The predicted molar refractivity (Wildman–Crippen MR) is 64.7 cm³/mol. The Bertz CT molecular complexity index is 542. The molecule has 0 bridgehead atoms. The largest absolute Gasteiger partial charge is 0.485 e. The number of benzene rings is 1. The minimum absolute atomic E-state index is 0.116. The van der Waals surface area contributed by atoms with Crippen LogP contribution in [0.15, 0.2) is 33.7 Å². The Labute approximate surface area is 112 Å². The molecule has 0 aromatic heterocycles. The number of rotatable bonds is 4. The molecule has 0 fully saturated rings. The van der Waals surface area contributed by atoms with Gasteiger partial charge in [-0.3, -0.25) is 0 Å². The molecule has 8 heteroatoms. The molecule has 0 N–H and O–H groups in total. The molecule has 1 rings (SSSR count). The Hall–Kier alpha value is -0.490. The van der Waals surface area contributed by atoms with Crippen LogP contribution in [0.5, 0.6) is 5.75 Å². The van der Waals surface area contributed by atoms with E-state index in [2.05, 4.69) is 0 Å². The smallest absolute Gasteiger partial charge is 0.261 e. The van der Waals surface area contributed by atoms with E-state index in [1.54, 1.807) is 0 Å². The summed E-state index contributed by atoms with van der Waals surface area (Å²) in [6, 6.07) is 3.03. The third-order valence-corrected chi connectivity index (χ3v) is 3.61. The normalized spacial score (nSPS) is 12.6. The molecule has 0 radical (unpaired) electrons. The van der Waals surface area contributed by atoms with Crippen LogP contribution >= 0.6 is 33.9 Å². The van der Waals surface area contributed by atoms with Crippen molar-refractivity contribution < 1.29 is 17.5 Å². The Morgan fingerprint density at radius 1 is 1.47 bits per heavy atom. The van der Waals surface area contributed by atoms with Crippen molar-refractivity contribution in [2.45, 2.75) is 4.90 Å². The second-order valence-electron chi connectivity index (χ2n) is 2.87. The van der Waals surface area contributed by atoms with E-state index in [-0.39, 0.29) is 22.3 Å². The molecule has 0 spiro atoms. The molecular formula is C9H6Cl3FO3S. The highest BCUT2D eigenvalue weighted by molar-refractivity contribution is 8.13. The molecule has 94 valence electrons. The second kappa shape index (κ2) is 5.91. The molecule has 0 aliphatic rings. The van der Waals surface area contributed by atoms with Crippen LogP contribution in [0.2, 0.25) is 0 Å². The first-order valence-corrected chi connectivity index (χ1v) is 7.28. The fourth-order valence-electron chi connectivity index (χ4n) is 0.928. The van der Waals surface area contributed by atoms with E-state index in [0.29, 0.717) is 0 Å². The van der Waals surface area contributed by atoms with E-state index in [0.717, 1.165) is 23.7 Å². The van der Waals surface area contributed by atoms with E-state index in [9.17, 15) is 12.8 Å². The Morgan fingerprint density at radius 2 is 2.12 bits per heavy atom. The highest BCUT2D eigenvalue weighted by atomic mass is 35.7. The third-order valence-electron chi connectivity index (χ3n) is 1.67. The lowest BCUT2D eigenvalue weighted by atomic mass is 10.3. The van der Waals surface area contributed by atoms with Gasteiger partial charge in [-0.15, -0.1) is 0 Å². The predicted octanol–water partition coefficient (Wildman–Crippen LogP) is 3.45. The van der Waals surface area contributed by atoms with Gasteiger partial charge in [-0.25, -0.2) is 12.8 Å². The quantitative estimate of drug-likeness (QED) is 0.798. The lowest BCUT2D eigenvalue weighted by Gasteiger charge is -2.06. The van der Waals surface area contributed by atoms with Crippen LogP contribution in [0.4, 0.5) is 4.39 Å². The summed E-state index contributed by atoms with van der Waals surface area (Å²) >= 11 is 10.8. The number of hydrogen-bond acceptors (Lipinski definition) is 3. The summed E-state index contributed by atoms with van der Waals surface area (Å²) in [5.74, 6) is -1.00. The van der Waals surface area contributed by atoms with Gasteiger partial charge in [0.15, 0.2) is 11.6 Å². The van der Waals surface area contributed by atoms with Gasteiger partial charge in [-0.1, -0.05) is 23.2 Å². The van der Waals surface area contributed by atoms with Crippen molar-refractivity contribution in [3.05, 3.63) is 34.6 Å². The Balaban J connectivity index is 2.91. The van der Waals surface area contributed by atoms with Gasteiger partial charge in [0, 0.05) is 16.2 Å². The van der Waals surface area contributed by atoms with E-state index in [4.69, 9.17) is 38.6 Å². The monoisotopic (exact) mass is 318 g/mol. The highest BCUT2D eigenvalue weighted by Crippen LogP contribution is 2.23. The lowest BCUT2D eigenvalue weighted by Crippen LogP contribution is -2.00. The minimum atomic E-state index is -3.96. The van der Waals surface area contributed by atoms with E-state index < -0.39 is 14.9 Å². The first-order chi connectivity index (χ1) is 7.84. The fraction of sp³-hybridized carbons (Fsp3) is 0.111. The number of halogens is 4. The molecular weight excluding hydrogens is 314 g/mol. The van der Waals surface area contributed by atoms with E-state index in [1.165, 1.54) is 0 Å². The molecule has 1 aromatic carbocycles. The molecule has 0 aliphatic carbocycles. The zero-order valence-electron chi connectivity index (χ0n) is 8.16. The van der Waals surface area contributed by atoms with Crippen molar-refractivity contribution in [2.75, 3.05) is 6.61 Å². The van der Waals surface area contributed by atoms with Crippen molar-refractivity contribution in [3.8, 4) is 5.75 Å². The van der Waals surface area contributed by atoms with Crippen LogP contribution in [0, 0.1) is 5.82 Å². The zero-order chi connectivity index (χ0) is 13.1. The van der Waals surface area contributed by atoms with Gasteiger partial charge < -0.3 is 4.74 Å². The summed E-state index contributed by atoms with van der Waals surface area (Å²) in [5, 5.41) is 0.181. The Kier molecular flexibility index (Phi) is 5.06. The highest BCUT2D eigenvalue weighted by Gasteiger charge is 2.13. The second-order valence-corrected chi connectivity index (χ2v) is 6.14. The van der Waals surface area contributed by atoms with Crippen molar-refractivity contribution in [3.63, 3.8) is 0 Å². The first kappa shape index (κ1) is 14.6. The summed E-state index contributed by atoms with van der Waals surface area (Å²) in [7, 11) is 1.09. The first-order valence-electron chi connectivity index (χ1n) is 4.16. The number of hydrogen-bond donors (Lipinski definition) is 0. The van der Waals surface area contributed by atoms with Crippen LogP contribution in [0.3, 0.4) is 0 Å². The molecule has 3 nitrogen and oxygen atoms in total. The summed E-state index contributed by atoms with van der Waals surface area (Å²) in [5.41, 5.74) is 1.08. The topological polar surface area (TPSA) is 43.4 Å². The van der Waals surface area contributed by atoms with Gasteiger partial charge in [0.1, 0.15) is 6.61 Å². The van der Waals surface area contributed by atoms with Crippen LogP contribution in [-0.4, -0.2) is 15.0 Å². The SMILES string of the molecule is O=S(=O)(Cl)c1ccc(OC/C(Cl)=C/Cl)c(F)c1. The van der Waals surface area contributed by atoms with Crippen LogP contribution in [0.25, 0.3) is 0 Å². The average Bonchev–Trinajstić information content (AvgIpc) is 2.25. The van der Waals surface area contributed by atoms with Gasteiger partial charge >= 0.3 is 0 Å². The standard InChI is InChI=1S/C9H6Cl3FO3S/c10-4-6(11)5-16-9-2-1-7(3-8(9)13)17(12,14)15/h1-4H,5H2/b6-4-. The zero-order valence-corrected chi connectivity index (χ0v) is 11.2. The maximum absolute atomic E-state index is 13.4. The summed E-state index contributed by atoms with van der Waals surface area (Å²) in [6.07, 6.45) is 0. The molecule has 0 saturated heterocycles. The Morgan fingerprint density at radius 3 is 2.59 bits per heavy atom. The van der Waals surface area contributed by atoms with E-state index in [1.807, 2.05) is 0 Å². The number of ether oxygens (including phenoxy) is 1. The summed E-state index contributed by atoms with van der Waals surface area (Å²) < 4.78 is 40.2. The van der Waals surface area contributed by atoms with Gasteiger partial charge in [-0.2, -0.15) is 0 Å². The molecule has 0 unspecified atom stereocenters. The van der Waals surface area contributed by atoms with Gasteiger partial charge in [0.05, 0.1) is 9.93 Å². The molecule has 0 heterocycles. The minimum Gasteiger partial charge on any atom is -0.485 e. The third kappa shape index (κ3) is 4.35. The molecule has 0 amide bonds. The summed E-state index contributed by atoms with van der Waals surface area (Å²) in [6.45, 7) is -0.116. The van der Waals surface area contributed by atoms with Crippen LogP contribution in [0.1, 0.15) is 0 Å². The average molecular weight is 320 g/mol. The van der Waals surface area contributed by atoms with Gasteiger partial charge in [0.2, 0.25) is 0 Å². The summed E-state index contributed by atoms with van der Waals surface area (Å²) in [4.78, 5) is -0.344. The maximum Gasteiger partial charge on any atom is 0.261 e. The molecule has 0 aliphatic heterocycles. The molecule has 0 atom stereocenters. The fourth-order valence-corrected chi connectivity index (χ4v) is 1.81. The van der Waals surface area contributed by atoms with Crippen molar-refractivity contribution in [1.29, 1.82) is 0 Å². The van der Waals surface area contributed by atoms with Crippen molar-refractivity contribution >= 4 is 42.9 Å². The van der Waals surface area contributed by atoms with E-state index >= 15 is 0 Å². The van der Waals surface area contributed by atoms with Gasteiger partial charge in [-0.05, 0) is 18.2 Å². The van der Waals surface area contributed by atoms with Crippen LogP contribution in [-0.2, 0) is 9.05 Å². The lowest BCUT2D eigenvalue weighted by molar-refractivity contribution is 0.338.